The van der Waals surface area contributed by atoms with Gasteiger partial charge in [-0.15, -0.1) is 0 Å². The molecule has 1 aromatic heterocycles. The number of para-hydroxylation sites is 1. The van der Waals surface area contributed by atoms with Gasteiger partial charge in [0.25, 0.3) is 5.91 Å². The maximum atomic E-state index is 13.2. The van der Waals surface area contributed by atoms with Crippen molar-refractivity contribution in [3.05, 3.63) is 54.1 Å². The molecule has 0 saturated heterocycles. The Kier molecular flexibility index (Phi) is 9.94. The highest BCUT2D eigenvalue weighted by molar-refractivity contribution is 6.07. The Morgan fingerprint density at radius 3 is 2.36 bits per heavy atom. The lowest BCUT2D eigenvalue weighted by molar-refractivity contribution is 0.0952. The lowest BCUT2D eigenvalue weighted by Gasteiger charge is -2.26. The maximum absolute atomic E-state index is 13.2. The lowest BCUT2D eigenvalue weighted by atomic mass is 10.1. The SMILES string of the molecule is COc1ccc(Nc2cc(C(=O)NCCCN(CC(C)C)CC(C)C)c3ccccc3n2)c(OC)c1. The number of hydrogen-bond acceptors (Lipinski definition) is 6. The first-order valence-corrected chi connectivity index (χ1v) is 12.7. The first-order valence-electron chi connectivity index (χ1n) is 12.7. The number of carbonyl (C=O) groups excluding carboxylic acids is 1. The van der Waals surface area contributed by atoms with Crippen LogP contribution in [-0.4, -0.2) is 56.2 Å². The fraction of sp³-hybridized carbons (Fsp3) is 0.448. The molecule has 3 aromatic rings. The van der Waals surface area contributed by atoms with Crippen LogP contribution in [0.1, 0.15) is 44.5 Å². The van der Waals surface area contributed by atoms with Crippen LogP contribution in [0.2, 0.25) is 0 Å². The number of nitrogens with zero attached hydrogens (tertiary/aromatic N) is 2. The number of fused-ring (bicyclic) bond motifs is 1. The maximum Gasteiger partial charge on any atom is 0.252 e. The molecule has 0 radical (unpaired) electrons. The first kappa shape index (κ1) is 27.3. The number of ether oxygens (including phenoxy) is 2. The second kappa shape index (κ2) is 13.1. The van der Waals surface area contributed by atoms with E-state index in [0.29, 0.717) is 41.3 Å². The minimum absolute atomic E-state index is 0.0994. The Bertz CT molecular complexity index is 1140. The third-order valence-corrected chi connectivity index (χ3v) is 5.82. The zero-order valence-electron chi connectivity index (χ0n) is 22.4. The highest BCUT2D eigenvalue weighted by Gasteiger charge is 2.15. The number of pyridine rings is 1. The molecule has 0 aliphatic heterocycles. The minimum Gasteiger partial charge on any atom is -0.497 e. The van der Waals surface area contributed by atoms with E-state index in [1.165, 1.54) is 0 Å². The molecular formula is C29H40N4O3. The normalized spacial score (nSPS) is 11.4. The van der Waals surface area contributed by atoms with Crippen molar-refractivity contribution in [2.75, 3.05) is 45.7 Å². The molecule has 0 aliphatic rings. The van der Waals surface area contributed by atoms with Gasteiger partial charge in [-0.2, -0.15) is 0 Å². The zero-order valence-corrected chi connectivity index (χ0v) is 22.4. The van der Waals surface area contributed by atoms with Gasteiger partial charge in [0.05, 0.1) is 31.0 Å². The van der Waals surface area contributed by atoms with Gasteiger partial charge in [-0.05, 0) is 49.1 Å². The van der Waals surface area contributed by atoms with Gasteiger partial charge in [-0.25, -0.2) is 4.98 Å². The fourth-order valence-electron chi connectivity index (χ4n) is 4.36. The number of hydrogen-bond donors (Lipinski definition) is 2. The topological polar surface area (TPSA) is 75.7 Å². The summed E-state index contributed by atoms with van der Waals surface area (Å²) in [6.07, 6.45) is 0.905. The van der Waals surface area contributed by atoms with Crippen molar-refractivity contribution < 1.29 is 14.3 Å². The second-order valence-electron chi connectivity index (χ2n) is 9.92. The largest absolute Gasteiger partial charge is 0.497 e. The summed E-state index contributed by atoms with van der Waals surface area (Å²) in [5, 5.41) is 7.24. The second-order valence-corrected chi connectivity index (χ2v) is 9.92. The van der Waals surface area contributed by atoms with Gasteiger partial charge in [-0.1, -0.05) is 45.9 Å². The molecule has 0 bridgehead atoms. The number of amides is 1. The average molecular weight is 493 g/mol. The highest BCUT2D eigenvalue weighted by Crippen LogP contribution is 2.32. The van der Waals surface area contributed by atoms with Gasteiger partial charge >= 0.3 is 0 Å². The summed E-state index contributed by atoms with van der Waals surface area (Å²) in [5.74, 6) is 3.04. The van der Waals surface area contributed by atoms with Gasteiger partial charge < -0.3 is 25.0 Å². The molecule has 7 nitrogen and oxygen atoms in total. The van der Waals surface area contributed by atoms with E-state index in [2.05, 4.69) is 43.2 Å². The van der Waals surface area contributed by atoms with E-state index in [1.54, 1.807) is 26.4 Å². The van der Waals surface area contributed by atoms with Crippen LogP contribution in [-0.2, 0) is 0 Å². The molecule has 3 rings (SSSR count). The van der Waals surface area contributed by atoms with Crippen LogP contribution in [0.15, 0.2) is 48.5 Å². The smallest absolute Gasteiger partial charge is 0.252 e. The van der Waals surface area contributed by atoms with Crippen molar-refractivity contribution in [2.24, 2.45) is 11.8 Å². The molecule has 7 heteroatoms. The number of carbonyl (C=O) groups is 1. The average Bonchev–Trinajstić information content (AvgIpc) is 2.85. The third kappa shape index (κ3) is 7.59. The quantitative estimate of drug-likeness (QED) is 0.297. The molecule has 36 heavy (non-hydrogen) atoms. The predicted octanol–water partition coefficient (Wildman–Crippen LogP) is 5.73. The van der Waals surface area contributed by atoms with Crippen molar-refractivity contribution >= 4 is 28.3 Å². The Morgan fingerprint density at radius 1 is 0.972 bits per heavy atom. The number of rotatable bonds is 13. The van der Waals surface area contributed by atoms with E-state index in [-0.39, 0.29) is 5.91 Å². The Balaban J connectivity index is 1.74. The van der Waals surface area contributed by atoms with Crippen molar-refractivity contribution in [2.45, 2.75) is 34.1 Å². The van der Waals surface area contributed by atoms with Crippen LogP contribution in [0, 0.1) is 11.8 Å². The molecule has 2 aromatic carbocycles. The van der Waals surface area contributed by atoms with E-state index in [1.807, 2.05) is 36.4 Å². The van der Waals surface area contributed by atoms with Crippen molar-refractivity contribution in [3.8, 4) is 11.5 Å². The molecular weight excluding hydrogens is 452 g/mol. The molecule has 0 unspecified atom stereocenters. The summed E-state index contributed by atoms with van der Waals surface area (Å²) in [6.45, 7) is 12.7. The number of methoxy groups -OCH3 is 2. The monoisotopic (exact) mass is 492 g/mol. The van der Waals surface area contributed by atoms with Crippen LogP contribution in [0.3, 0.4) is 0 Å². The summed E-state index contributed by atoms with van der Waals surface area (Å²) in [7, 11) is 3.22. The first-order chi connectivity index (χ1) is 17.3. The number of nitrogens with one attached hydrogen (secondary N) is 2. The molecule has 194 valence electrons. The number of anilines is 2. The van der Waals surface area contributed by atoms with Crippen LogP contribution >= 0.6 is 0 Å². The van der Waals surface area contributed by atoms with Crippen LogP contribution in [0.5, 0.6) is 11.5 Å². The van der Waals surface area contributed by atoms with E-state index in [0.717, 1.165) is 42.6 Å². The van der Waals surface area contributed by atoms with Gasteiger partial charge in [0.1, 0.15) is 17.3 Å². The summed E-state index contributed by atoms with van der Waals surface area (Å²) >= 11 is 0. The van der Waals surface area contributed by atoms with Crippen LogP contribution in [0.25, 0.3) is 10.9 Å². The zero-order chi connectivity index (χ0) is 26.1. The van der Waals surface area contributed by atoms with E-state index < -0.39 is 0 Å². The molecule has 0 spiro atoms. The predicted molar refractivity (Wildman–Crippen MR) is 148 cm³/mol. The fourth-order valence-corrected chi connectivity index (χ4v) is 4.36. The summed E-state index contributed by atoms with van der Waals surface area (Å²) in [5.41, 5.74) is 2.08. The van der Waals surface area contributed by atoms with E-state index in [9.17, 15) is 4.79 Å². The molecule has 1 amide bonds. The van der Waals surface area contributed by atoms with Crippen molar-refractivity contribution in [1.29, 1.82) is 0 Å². The summed E-state index contributed by atoms with van der Waals surface area (Å²) in [4.78, 5) is 20.5. The third-order valence-electron chi connectivity index (χ3n) is 5.82. The van der Waals surface area contributed by atoms with Gasteiger partial charge in [0.2, 0.25) is 0 Å². The van der Waals surface area contributed by atoms with E-state index >= 15 is 0 Å². The summed E-state index contributed by atoms with van der Waals surface area (Å²) < 4.78 is 10.8. The minimum atomic E-state index is -0.0994. The van der Waals surface area contributed by atoms with Gasteiger partial charge in [0, 0.05) is 31.1 Å². The Morgan fingerprint density at radius 2 is 1.69 bits per heavy atom. The molecule has 0 atom stereocenters. The molecule has 0 saturated carbocycles. The Hall–Kier alpha value is -3.32. The standard InChI is InChI=1S/C29H40N4O3/c1-20(2)18-33(19-21(3)4)15-9-14-30-29(34)24-17-28(31-25-11-8-7-10-23(24)25)32-26-13-12-22(35-5)16-27(26)36-6/h7-8,10-13,16-17,20-21H,9,14-15,18-19H2,1-6H3,(H,30,34)(H,31,32). The van der Waals surface area contributed by atoms with Gasteiger partial charge in [-0.3, -0.25) is 4.79 Å². The lowest BCUT2D eigenvalue weighted by Crippen LogP contribution is -2.34. The van der Waals surface area contributed by atoms with E-state index in [4.69, 9.17) is 14.5 Å². The Labute approximate surface area is 215 Å². The van der Waals surface area contributed by atoms with Crippen molar-refractivity contribution in [3.63, 3.8) is 0 Å². The highest BCUT2D eigenvalue weighted by atomic mass is 16.5. The van der Waals surface area contributed by atoms with Crippen molar-refractivity contribution in [1.82, 2.24) is 15.2 Å². The molecule has 2 N–H and O–H groups in total. The number of benzene rings is 2. The molecule has 0 fully saturated rings. The van der Waals surface area contributed by atoms with Crippen LogP contribution in [0.4, 0.5) is 11.5 Å². The number of aromatic nitrogens is 1. The molecule has 0 aliphatic carbocycles. The summed E-state index contributed by atoms with van der Waals surface area (Å²) in [6, 6.07) is 15.0. The van der Waals surface area contributed by atoms with Gasteiger partial charge in [0.15, 0.2) is 0 Å². The molecule has 1 heterocycles. The van der Waals surface area contributed by atoms with Crippen LogP contribution < -0.4 is 20.1 Å².